The summed E-state index contributed by atoms with van der Waals surface area (Å²) in [7, 11) is 0. The Morgan fingerprint density at radius 3 is 2.57 bits per heavy atom. The van der Waals surface area contributed by atoms with Gasteiger partial charge in [0.1, 0.15) is 0 Å². The summed E-state index contributed by atoms with van der Waals surface area (Å²) in [6, 6.07) is 6.23. The average Bonchev–Trinajstić information content (AvgIpc) is 2.15. The number of nitrogen functional groups attached to an aromatic ring is 1. The molecule has 0 radical (unpaired) electrons. The summed E-state index contributed by atoms with van der Waals surface area (Å²) in [5, 5.41) is 0. The van der Waals surface area contributed by atoms with E-state index in [1.54, 1.807) is 0 Å². The molecule has 0 aliphatic carbocycles. The molecule has 0 aliphatic heterocycles. The predicted molar refractivity (Wildman–Crippen MR) is 63.4 cm³/mol. The van der Waals surface area contributed by atoms with E-state index in [0.717, 1.165) is 5.69 Å². The number of hydrogen-bond donors (Lipinski definition) is 1. The summed E-state index contributed by atoms with van der Waals surface area (Å²) < 4.78 is 0. The third-order valence-corrected chi connectivity index (χ3v) is 2.67. The Labute approximate surface area is 87.3 Å². The van der Waals surface area contributed by atoms with Crippen molar-refractivity contribution in [1.82, 2.24) is 0 Å². The van der Waals surface area contributed by atoms with Gasteiger partial charge in [-0.1, -0.05) is 32.3 Å². The summed E-state index contributed by atoms with van der Waals surface area (Å²) in [5.41, 5.74) is 9.37. The fourth-order valence-electron chi connectivity index (χ4n) is 1.74. The molecule has 14 heavy (non-hydrogen) atoms. The second-order valence-corrected chi connectivity index (χ2v) is 4.00. The molecule has 1 aromatic carbocycles. The largest absolute Gasteiger partial charge is 0.399 e. The lowest BCUT2D eigenvalue weighted by Gasteiger charge is -2.06. The number of anilines is 1. The molecule has 2 N–H and O–H groups in total. The van der Waals surface area contributed by atoms with Crippen LogP contribution in [0.4, 0.5) is 5.69 Å². The molecule has 0 aromatic heterocycles. The number of aryl methyl sites for hydroxylation is 2. The van der Waals surface area contributed by atoms with Gasteiger partial charge >= 0.3 is 0 Å². The second kappa shape index (κ2) is 5.69. The van der Waals surface area contributed by atoms with Gasteiger partial charge in [0.05, 0.1) is 0 Å². The van der Waals surface area contributed by atoms with Gasteiger partial charge in [-0.15, -0.1) is 0 Å². The van der Waals surface area contributed by atoms with Gasteiger partial charge in [-0.2, -0.15) is 0 Å². The predicted octanol–water partition coefficient (Wildman–Crippen LogP) is 3.70. The first-order valence-electron chi connectivity index (χ1n) is 5.59. The van der Waals surface area contributed by atoms with Gasteiger partial charge < -0.3 is 5.73 Å². The molecule has 0 bridgehead atoms. The molecule has 1 nitrogen and oxygen atoms in total. The molecule has 78 valence electrons. The van der Waals surface area contributed by atoms with Crippen molar-refractivity contribution in [2.24, 2.45) is 0 Å². The average molecular weight is 191 g/mol. The monoisotopic (exact) mass is 191 g/mol. The molecule has 0 saturated carbocycles. The van der Waals surface area contributed by atoms with Gasteiger partial charge in [0, 0.05) is 5.69 Å². The van der Waals surface area contributed by atoms with E-state index in [2.05, 4.69) is 26.0 Å². The first-order chi connectivity index (χ1) is 6.74. The lowest BCUT2D eigenvalue weighted by Crippen LogP contribution is -1.92. The molecule has 0 saturated heterocycles. The minimum atomic E-state index is 0.875. The summed E-state index contributed by atoms with van der Waals surface area (Å²) in [6.07, 6.45) is 6.51. The Kier molecular flexibility index (Phi) is 4.51. The molecular formula is C13H21N. The number of hydrogen-bond acceptors (Lipinski definition) is 1. The molecule has 0 fully saturated rings. The highest BCUT2D eigenvalue weighted by Gasteiger charge is 1.98. The molecule has 0 heterocycles. The Morgan fingerprint density at radius 1 is 1.14 bits per heavy atom. The highest BCUT2D eigenvalue weighted by atomic mass is 14.5. The number of unbranched alkanes of at least 4 members (excludes halogenated alkanes) is 3. The Balaban J connectivity index is 2.42. The van der Waals surface area contributed by atoms with Crippen LogP contribution < -0.4 is 5.73 Å². The zero-order valence-corrected chi connectivity index (χ0v) is 9.34. The molecular weight excluding hydrogens is 170 g/mol. The van der Waals surface area contributed by atoms with Crippen molar-refractivity contribution in [1.29, 1.82) is 0 Å². The Bertz CT molecular complexity index is 279. The SMILES string of the molecule is CCCCCCc1ccc(N)cc1C. The van der Waals surface area contributed by atoms with E-state index >= 15 is 0 Å². The fraction of sp³-hybridized carbons (Fsp3) is 0.538. The fourth-order valence-corrected chi connectivity index (χ4v) is 1.74. The van der Waals surface area contributed by atoms with E-state index in [-0.39, 0.29) is 0 Å². The highest BCUT2D eigenvalue weighted by molar-refractivity contribution is 5.44. The van der Waals surface area contributed by atoms with Crippen molar-refractivity contribution < 1.29 is 0 Å². The lowest BCUT2D eigenvalue weighted by molar-refractivity contribution is 0.666. The van der Waals surface area contributed by atoms with Crippen molar-refractivity contribution >= 4 is 5.69 Å². The first-order valence-corrected chi connectivity index (χ1v) is 5.59. The maximum Gasteiger partial charge on any atom is 0.0316 e. The van der Waals surface area contributed by atoms with Gasteiger partial charge in [0.25, 0.3) is 0 Å². The standard InChI is InChI=1S/C13H21N/c1-3-4-5-6-7-12-8-9-13(14)10-11(12)2/h8-10H,3-7,14H2,1-2H3. The van der Waals surface area contributed by atoms with Crippen molar-refractivity contribution in [3.8, 4) is 0 Å². The smallest absolute Gasteiger partial charge is 0.0316 e. The van der Waals surface area contributed by atoms with E-state index in [1.807, 2.05) is 6.07 Å². The zero-order chi connectivity index (χ0) is 10.4. The lowest BCUT2D eigenvalue weighted by atomic mass is 10.0. The van der Waals surface area contributed by atoms with Crippen LogP contribution in [-0.2, 0) is 6.42 Å². The number of rotatable bonds is 5. The molecule has 0 aliphatic rings. The van der Waals surface area contributed by atoms with E-state index in [0.29, 0.717) is 0 Å². The minimum Gasteiger partial charge on any atom is -0.399 e. The van der Waals surface area contributed by atoms with Gasteiger partial charge in [0.15, 0.2) is 0 Å². The topological polar surface area (TPSA) is 26.0 Å². The molecule has 0 amide bonds. The van der Waals surface area contributed by atoms with Crippen molar-refractivity contribution in [2.75, 3.05) is 5.73 Å². The highest BCUT2D eigenvalue weighted by Crippen LogP contribution is 2.15. The van der Waals surface area contributed by atoms with E-state index < -0.39 is 0 Å². The van der Waals surface area contributed by atoms with E-state index in [9.17, 15) is 0 Å². The summed E-state index contributed by atoms with van der Waals surface area (Å²) in [4.78, 5) is 0. The van der Waals surface area contributed by atoms with Crippen LogP contribution in [0.15, 0.2) is 18.2 Å². The van der Waals surface area contributed by atoms with Gasteiger partial charge in [-0.25, -0.2) is 0 Å². The second-order valence-electron chi connectivity index (χ2n) is 4.00. The van der Waals surface area contributed by atoms with Crippen LogP contribution in [0.3, 0.4) is 0 Å². The maximum atomic E-state index is 5.70. The Hall–Kier alpha value is -0.980. The van der Waals surface area contributed by atoms with Crippen LogP contribution in [-0.4, -0.2) is 0 Å². The van der Waals surface area contributed by atoms with Crippen LogP contribution >= 0.6 is 0 Å². The van der Waals surface area contributed by atoms with Gasteiger partial charge in [-0.3, -0.25) is 0 Å². The van der Waals surface area contributed by atoms with Crippen LogP contribution in [0.1, 0.15) is 43.7 Å². The number of benzene rings is 1. The van der Waals surface area contributed by atoms with Crippen LogP contribution in [0.25, 0.3) is 0 Å². The van der Waals surface area contributed by atoms with E-state index in [4.69, 9.17) is 5.73 Å². The zero-order valence-electron chi connectivity index (χ0n) is 9.34. The van der Waals surface area contributed by atoms with Crippen LogP contribution in [0.5, 0.6) is 0 Å². The first kappa shape index (κ1) is 11.1. The molecule has 0 spiro atoms. The van der Waals surface area contributed by atoms with Crippen LogP contribution in [0, 0.1) is 6.92 Å². The summed E-state index contributed by atoms with van der Waals surface area (Å²) in [6.45, 7) is 4.39. The van der Waals surface area contributed by atoms with Crippen molar-refractivity contribution in [2.45, 2.75) is 46.0 Å². The molecule has 1 aromatic rings. The van der Waals surface area contributed by atoms with Gasteiger partial charge in [0.2, 0.25) is 0 Å². The molecule has 0 unspecified atom stereocenters. The van der Waals surface area contributed by atoms with Crippen molar-refractivity contribution in [3.63, 3.8) is 0 Å². The molecule has 1 heteroatoms. The third kappa shape index (κ3) is 3.41. The molecule has 1 rings (SSSR count). The van der Waals surface area contributed by atoms with Crippen LogP contribution in [0.2, 0.25) is 0 Å². The van der Waals surface area contributed by atoms with E-state index in [1.165, 1.54) is 43.2 Å². The summed E-state index contributed by atoms with van der Waals surface area (Å²) in [5.74, 6) is 0. The quantitative estimate of drug-likeness (QED) is 0.557. The van der Waals surface area contributed by atoms with Gasteiger partial charge in [-0.05, 0) is 43.0 Å². The Morgan fingerprint density at radius 2 is 1.93 bits per heavy atom. The van der Waals surface area contributed by atoms with Crippen molar-refractivity contribution in [3.05, 3.63) is 29.3 Å². The normalized spacial score (nSPS) is 10.4. The molecule has 0 atom stereocenters. The minimum absolute atomic E-state index is 0.875. The maximum absolute atomic E-state index is 5.70. The third-order valence-electron chi connectivity index (χ3n) is 2.67. The summed E-state index contributed by atoms with van der Waals surface area (Å²) >= 11 is 0. The number of nitrogens with two attached hydrogens (primary N) is 1.